The number of nitrogens with zero attached hydrogens (tertiary/aromatic N) is 2. The minimum Gasteiger partial charge on any atom is -0.351 e. The molecule has 122 valence electrons. The van der Waals surface area contributed by atoms with E-state index in [-0.39, 0.29) is 5.91 Å². The van der Waals surface area contributed by atoms with Crippen LogP contribution < -0.4 is 5.32 Å². The van der Waals surface area contributed by atoms with E-state index in [1.807, 2.05) is 0 Å². The predicted octanol–water partition coefficient (Wildman–Crippen LogP) is 0.647. The van der Waals surface area contributed by atoms with Crippen molar-refractivity contribution >= 4 is 27.5 Å². The number of sulfonamides is 1. The first kappa shape index (κ1) is 17.2. The number of nitrogens with one attached hydrogen (secondary N) is 1. The second kappa shape index (κ2) is 7.41. The second-order valence-electron chi connectivity index (χ2n) is 5.27. The van der Waals surface area contributed by atoms with Crippen molar-refractivity contribution in [2.75, 3.05) is 45.5 Å². The minimum absolute atomic E-state index is 0.155. The summed E-state index contributed by atoms with van der Waals surface area (Å²) in [6.07, 6.45) is 1.23. The Balaban J connectivity index is 1.73. The van der Waals surface area contributed by atoms with Crippen molar-refractivity contribution in [2.24, 2.45) is 0 Å². The summed E-state index contributed by atoms with van der Waals surface area (Å²) in [5.74, 6) is -0.155. The fraction of sp³-hybridized carbons (Fsp3) is 0.500. The third-order valence-electron chi connectivity index (χ3n) is 3.60. The van der Waals surface area contributed by atoms with Gasteiger partial charge in [-0.25, -0.2) is 8.42 Å². The lowest BCUT2D eigenvalue weighted by molar-refractivity contribution is 0.0945. The van der Waals surface area contributed by atoms with Crippen LogP contribution in [-0.4, -0.2) is 69.1 Å². The third-order valence-corrected chi connectivity index (χ3v) is 5.14. The van der Waals surface area contributed by atoms with Gasteiger partial charge in [0.25, 0.3) is 5.91 Å². The summed E-state index contributed by atoms with van der Waals surface area (Å²) < 4.78 is 24.3. The van der Waals surface area contributed by atoms with E-state index in [9.17, 15) is 13.2 Å². The molecule has 1 aromatic carbocycles. The summed E-state index contributed by atoms with van der Waals surface area (Å²) in [5, 5.41) is 3.38. The normalized spacial score (nSPS) is 17.4. The molecule has 1 amide bonds. The van der Waals surface area contributed by atoms with Crippen LogP contribution in [0.25, 0.3) is 0 Å². The van der Waals surface area contributed by atoms with E-state index >= 15 is 0 Å². The van der Waals surface area contributed by atoms with E-state index in [2.05, 4.69) is 10.2 Å². The monoisotopic (exact) mass is 345 g/mol. The molecule has 22 heavy (non-hydrogen) atoms. The standard InChI is InChI=1S/C14H20ClN3O3S/c1-22(20,21)18-9-7-17(8-10-18)6-5-16-14(19)12-3-2-4-13(15)11-12/h2-4,11H,5-10H2,1H3,(H,16,19). The fourth-order valence-corrected chi connectivity index (χ4v) is 3.36. The van der Waals surface area contributed by atoms with Crippen LogP contribution in [0, 0.1) is 0 Å². The van der Waals surface area contributed by atoms with Crippen molar-refractivity contribution in [3.05, 3.63) is 34.9 Å². The van der Waals surface area contributed by atoms with Crippen LogP contribution in [0.1, 0.15) is 10.4 Å². The number of benzene rings is 1. The molecular formula is C14H20ClN3O3S. The molecule has 1 saturated heterocycles. The third kappa shape index (κ3) is 4.95. The van der Waals surface area contributed by atoms with E-state index in [4.69, 9.17) is 11.6 Å². The Labute approximate surface area is 136 Å². The molecule has 0 bridgehead atoms. The van der Waals surface area contributed by atoms with Crippen LogP contribution in [0.15, 0.2) is 24.3 Å². The fourth-order valence-electron chi connectivity index (χ4n) is 2.34. The molecule has 1 aromatic rings. The highest BCUT2D eigenvalue weighted by molar-refractivity contribution is 7.88. The van der Waals surface area contributed by atoms with Gasteiger partial charge in [0.2, 0.25) is 10.0 Å². The Morgan fingerprint density at radius 3 is 2.55 bits per heavy atom. The molecule has 1 fully saturated rings. The molecule has 0 saturated carbocycles. The summed E-state index contributed by atoms with van der Waals surface area (Å²) in [5.41, 5.74) is 0.536. The summed E-state index contributed by atoms with van der Waals surface area (Å²) in [7, 11) is -3.10. The van der Waals surface area contributed by atoms with Crippen molar-refractivity contribution < 1.29 is 13.2 Å². The zero-order valence-electron chi connectivity index (χ0n) is 12.5. The average Bonchev–Trinajstić information content (AvgIpc) is 2.47. The topological polar surface area (TPSA) is 69.7 Å². The highest BCUT2D eigenvalue weighted by Crippen LogP contribution is 2.10. The van der Waals surface area contributed by atoms with Crippen LogP contribution in [0.2, 0.25) is 5.02 Å². The molecule has 1 aliphatic rings. The SMILES string of the molecule is CS(=O)(=O)N1CCN(CCNC(=O)c2cccc(Cl)c2)CC1. The number of halogens is 1. The summed E-state index contributed by atoms with van der Waals surface area (Å²) in [6.45, 7) is 3.58. The van der Waals surface area contributed by atoms with Gasteiger partial charge in [-0.3, -0.25) is 9.69 Å². The molecule has 0 aromatic heterocycles. The predicted molar refractivity (Wildman–Crippen MR) is 86.6 cm³/mol. The van der Waals surface area contributed by atoms with Crippen LogP contribution in [0.3, 0.4) is 0 Å². The van der Waals surface area contributed by atoms with Crippen molar-refractivity contribution in [2.45, 2.75) is 0 Å². The van der Waals surface area contributed by atoms with Gasteiger partial charge in [-0.05, 0) is 18.2 Å². The highest BCUT2D eigenvalue weighted by Gasteiger charge is 2.22. The zero-order chi connectivity index (χ0) is 16.2. The Morgan fingerprint density at radius 2 is 1.95 bits per heavy atom. The number of carbonyl (C=O) groups excluding carboxylic acids is 1. The van der Waals surface area contributed by atoms with Crippen molar-refractivity contribution in [1.29, 1.82) is 0 Å². The van der Waals surface area contributed by atoms with Crippen molar-refractivity contribution in [1.82, 2.24) is 14.5 Å². The van der Waals surface area contributed by atoms with Gasteiger partial charge in [0, 0.05) is 49.9 Å². The highest BCUT2D eigenvalue weighted by atomic mass is 35.5. The summed E-state index contributed by atoms with van der Waals surface area (Å²) >= 11 is 5.85. The van der Waals surface area contributed by atoms with Crippen LogP contribution in [-0.2, 0) is 10.0 Å². The molecule has 6 nitrogen and oxygen atoms in total. The number of piperazine rings is 1. The first-order chi connectivity index (χ1) is 10.4. The number of hydrogen-bond donors (Lipinski definition) is 1. The van der Waals surface area contributed by atoms with Gasteiger partial charge in [0.15, 0.2) is 0 Å². The Kier molecular flexibility index (Phi) is 5.80. The lowest BCUT2D eigenvalue weighted by atomic mass is 10.2. The van der Waals surface area contributed by atoms with Gasteiger partial charge in [-0.1, -0.05) is 17.7 Å². The Hall–Kier alpha value is -1.15. The largest absolute Gasteiger partial charge is 0.351 e. The van der Waals surface area contributed by atoms with E-state index in [0.717, 1.165) is 0 Å². The van der Waals surface area contributed by atoms with Crippen LogP contribution in [0.4, 0.5) is 0 Å². The second-order valence-corrected chi connectivity index (χ2v) is 7.69. The summed E-state index contributed by atoms with van der Waals surface area (Å²) in [4.78, 5) is 14.1. The maximum atomic E-state index is 11.9. The average molecular weight is 346 g/mol. The Bertz CT molecular complexity index is 628. The maximum Gasteiger partial charge on any atom is 0.251 e. The Morgan fingerprint density at radius 1 is 1.27 bits per heavy atom. The molecule has 2 rings (SSSR count). The van der Waals surface area contributed by atoms with Gasteiger partial charge in [0.1, 0.15) is 0 Å². The molecule has 1 N–H and O–H groups in total. The molecule has 0 unspecified atom stereocenters. The van der Waals surface area contributed by atoms with Crippen LogP contribution >= 0.6 is 11.6 Å². The van der Waals surface area contributed by atoms with Crippen LogP contribution in [0.5, 0.6) is 0 Å². The minimum atomic E-state index is -3.10. The number of carbonyl (C=O) groups is 1. The molecule has 8 heteroatoms. The van der Waals surface area contributed by atoms with Gasteiger partial charge in [0.05, 0.1) is 6.26 Å². The number of hydrogen-bond acceptors (Lipinski definition) is 4. The first-order valence-corrected chi connectivity index (χ1v) is 9.30. The van der Waals surface area contributed by atoms with Crippen molar-refractivity contribution in [3.8, 4) is 0 Å². The smallest absolute Gasteiger partial charge is 0.251 e. The van der Waals surface area contributed by atoms with E-state index < -0.39 is 10.0 Å². The molecule has 0 aliphatic carbocycles. The number of amides is 1. The molecule has 0 spiro atoms. The molecule has 1 heterocycles. The van der Waals surface area contributed by atoms with E-state index in [0.29, 0.717) is 49.9 Å². The summed E-state index contributed by atoms with van der Waals surface area (Å²) in [6, 6.07) is 6.80. The van der Waals surface area contributed by atoms with Gasteiger partial charge < -0.3 is 5.32 Å². The lowest BCUT2D eigenvalue weighted by Gasteiger charge is -2.33. The van der Waals surface area contributed by atoms with E-state index in [1.165, 1.54) is 10.6 Å². The van der Waals surface area contributed by atoms with E-state index in [1.54, 1.807) is 24.3 Å². The molecule has 1 aliphatic heterocycles. The van der Waals surface area contributed by atoms with Gasteiger partial charge in [-0.15, -0.1) is 0 Å². The first-order valence-electron chi connectivity index (χ1n) is 7.07. The maximum absolute atomic E-state index is 11.9. The van der Waals surface area contributed by atoms with Crippen molar-refractivity contribution in [3.63, 3.8) is 0 Å². The molecule has 0 radical (unpaired) electrons. The lowest BCUT2D eigenvalue weighted by Crippen LogP contribution is -2.49. The quantitative estimate of drug-likeness (QED) is 0.850. The zero-order valence-corrected chi connectivity index (χ0v) is 14.0. The van der Waals surface area contributed by atoms with Gasteiger partial charge >= 0.3 is 0 Å². The van der Waals surface area contributed by atoms with Gasteiger partial charge in [-0.2, -0.15) is 4.31 Å². The molecular weight excluding hydrogens is 326 g/mol. The molecule has 0 atom stereocenters. The number of rotatable bonds is 5.